The van der Waals surface area contributed by atoms with Gasteiger partial charge in [0.1, 0.15) is 5.82 Å². The second-order valence-electron chi connectivity index (χ2n) is 5.10. The lowest BCUT2D eigenvalue weighted by molar-refractivity contribution is -0.255. The SMILES string of the molecule is O=C([O-])c1cc(S(=O)(=O)Nc2ccc3ccccc3c2)ccc1F. The van der Waals surface area contributed by atoms with E-state index >= 15 is 0 Å². The Bertz CT molecular complexity index is 1050. The smallest absolute Gasteiger partial charge is 0.261 e. The molecule has 3 aromatic carbocycles. The van der Waals surface area contributed by atoms with Crippen LogP contribution in [0.4, 0.5) is 10.1 Å². The first kappa shape index (κ1) is 15.9. The first-order valence-electron chi connectivity index (χ1n) is 6.89. The van der Waals surface area contributed by atoms with Gasteiger partial charge in [0.15, 0.2) is 0 Å². The number of anilines is 1. The van der Waals surface area contributed by atoms with Crippen LogP contribution in [0.2, 0.25) is 0 Å². The molecule has 0 saturated heterocycles. The minimum atomic E-state index is -4.06. The fourth-order valence-corrected chi connectivity index (χ4v) is 3.37. The highest BCUT2D eigenvalue weighted by atomic mass is 32.2. The van der Waals surface area contributed by atoms with Crippen LogP contribution in [0, 0.1) is 5.82 Å². The Balaban J connectivity index is 1.98. The van der Waals surface area contributed by atoms with Crippen molar-refractivity contribution in [3.63, 3.8) is 0 Å². The number of nitrogens with one attached hydrogen (secondary N) is 1. The summed E-state index contributed by atoms with van der Waals surface area (Å²) in [7, 11) is -4.06. The van der Waals surface area contributed by atoms with Crippen molar-refractivity contribution in [1.29, 1.82) is 0 Å². The monoisotopic (exact) mass is 344 g/mol. The molecule has 122 valence electrons. The molecule has 0 heterocycles. The Kier molecular flexibility index (Phi) is 3.94. The second kappa shape index (κ2) is 5.93. The van der Waals surface area contributed by atoms with Gasteiger partial charge in [-0.3, -0.25) is 4.72 Å². The van der Waals surface area contributed by atoms with Crippen molar-refractivity contribution in [2.75, 3.05) is 4.72 Å². The average molecular weight is 344 g/mol. The Labute approximate surface area is 137 Å². The van der Waals surface area contributed by atoms with E-state index in [4.69, 9.17) is 0 Å². The highest BCUT2D eigenvalue weighted by Gasteiger charge is 2.17. The first-order chi connectivity index (χ1) is 11.4. The summed E-state index contributed by atoms with van der Waals surface area (Å²) < 4.78 is 40.5. The van der Waals surface area contributed by atoms with Crippen molar-refractivity contribution in [1.82, 2.24) is 0 Å². The Morgan fingerprint density at radius 1 is 0.958 bits per heavy atom. The number of sulfonamides is 1. The maximum atomic E-state index is 13.4. The van der Waals surface area contributed by atoms with E-state index in [0.717, 1.165) is 29.0 Å². The third-order valence-corrected chi connectivity index (χ3v) is 4.85. The van der Waals surface area contributed by atoms with Crippen molar-refractivity contribution in [2.45, 2.75) is 4.90 Å². The van der Waals surface area contributed by atoms with E-state index in [9.17, 15) is 22.7 Å². The number of carboxylic acids is 1. The zero-order valence-corrected chi connectivity index (χ0v) is 13.0. The van der Waals surface area contributed by atoms with Gasteiger partial charge in [0.2, 0.25) is 0 Å². The Hall–Kier alpha value is -2.93. The van der Waals surface area contributed by atoms with E-state index in [1.54, 1.807) is 18.2 Å². The molecule has 0 atom stereocenters. The average Bonchev–Trinajstić information content (AvgIpc) is 2.54. The molecule has 0 aromatic heterocycles. The van der Waals surface area contributed by atoms with Crippen molar-refractivity contribution < 1.29 is 22.7 Å². The van der Waals surface area contributed by atoms with Crippen molar-refractivity contribution in [2.24, 2.45) is 0 Å². The first-order valence-corrected chi connectivity index (χ1v) is 8.38. The lowest BCUT2D eigenvalue weighted by Gasteiger charge is -2.11. The zero-order chi connectivity index (χ0) is 17.3. The highest BCUT2D eigenvalue weighted by molar-refractivity contribution is 7.92. The highest BCUT2D eigenvalue weighted by Crippen LogP contribution is 2.22. The van der Waals surface area contributed by atoms with Crippen LogP contribution in [0.3, 0.4) is 0 Å². The molecule has 0 spiro atoms. The molecule has 3 aromatic rings. The molecule has 5 nitrogen and oxygen atoms in total. The maximum absolute atomic E-state index is 13.4. The molecule has 0 aliphatic carbocycles. The van der Waals surface area contributed by atoms with Gasteiger partial charge in [0.05, 0.1) is 10.9 Å². The van der Waals surface area contributed by atoms with E-state index < -0.39 is 27.4 Å². The van der Waals surface area contributed by atoms with Gasteiger partial charge in [-0.05, 0) is 41.1 Å². The summed E-state index contributed by atoms with van der Waals surface area (Å²) in [6, 6.07) is 14.9. The number of hydrogen-bond donors (Lipinski definition) is 1. The molecule has 0 saturated carbocycles. The van der Waals surface area contributed by atoms with Gasteiger partial charge in [-0.15, -0.1) is 0 Å². The van der Waals surface area contributed by atoms with E-state index in [-0.39, 0.29) is 4.90 Å². The number of carbonyl (C=O) groups excluding carboxylic acids is 1. The van der Waals surface area contributed by atoms with Crippen LogP contribution >= 0.6 is 0 Å². The fourth-order valence-electron chi connectivity index (χ4n) is 2.29. The molecule has 0 aliphatic heterocycles. The van der Waals surface area contributed by atoms with Gasteiger partial charge in [0, 0.05) is 11.3 Å². The predicted octanol–water partition coefficient (Wildman–Crippen LogP) is 2.14. The fraction of sp³-hybridized carbons (Fsp3) is 0. The number of benzene rings is 3. The number of carboxylic acid groups (broad SMARTS) is 1. The molecule has 7 heteroatoms. The van der Waals surface area contributed by atoms with Gasteiger partial charge >= 0.3 is 0 Å². The molecule has 0 bridgehead atoms. The van der Waals surface area contributed by atoms with Crippen LogP contribution in [0.1, 0.15) is 10.4 Å². The molecule has 24 heavy (non-hydrogen) atoms. The van der Waals surface area contributed by atoms with Gasteiger partial charge in [-0.2, -0.15) is 0 Å². The van der Waals surface area contributed by atoms with Crippen LogP contribution < -0.4 is 9.83 Å². The summed E-state index contributed by atoms with van der Waals surface area (Å²) >= 11 is 0. The number of carbonyl (C=O) groups is 1. The molecule has 1 N–H and O–H groups in total. The molecule has 0 aliphatic rings. The Morgan fingerprint density at radius 3 is 2.38 bits per heavy atom. The number of hydrogen-bond acceptors (Lipinski definition) is 4. The molecule has 0 fully saturated rings. The van der Waals surface area contributed by atoms with Gasteiger partial charge < -0.3 is 9.90 Å². The molecule has 0 unspecified atom stereocenters. The minimum absolute atomic E-state index is 0.313. The molecular formula is C17H11FNO4S-. The second-order valence-corrected chi connectivity index (χ2v) is 6.78. The van der Waals surface area contributed by atoms with Crippen LogP contribution in [-0.4, -0.2) is 14.4 Å². The van der Waals surface area contributed by atoms with E-state index in [1.165, 1.54) is 0 Å². The van der Waals surface area contributed by atoms with Crippen LogP contribution in [-0.2, 0) is 10.0 Å². The molecule has 3 rings (SSSR count). The normalized spacial score (nSPS) is 11.4. The summed E-state index contributed by atoms with van der Waals surface area (Å²) in [6.07, 6.45) is 0. The number of aromatic carboxylic acids is 1. The third kappa shape index (κ3) is 3.07. The van der Waals surface area contributed by atoms with Crippen LogP contribution in [0.15, 0.2) is 65.6 Å². The largest absolute Gasteiger partial charge is 0.545 e. The lowest BCUT2D eigenvalue weighted by atomic mass is 10.1. The molecule has 0 radical (unpaired) electrons. The van der Waals surface area contributed by atoms with Crippen molar-refractivity contribution >= 4 is 32.5 Å². The van der Waals surface area contributed by atoms with Crippen molar-refractivity contribution in [3.8, 4) is 0 Å². The summed E-state index contributed by atoms with van der Waals surface area (Å²) in [5.74, 6) is -2.84. The summed E-state index contributed by atoms with van der Waals surface area (Å²) in [5, 5.41) is 12.6. The Morgan fingerprint density at radius 2 is 1.67 bits per heavy atom. The van der Waals surface area contributed by atoms with Gasteiger partial charge in [0.25, 0.3) is 10.0 Å². The molecular weight excluding hydrogens is 333 g/mol. The quantitative estimate of drug-likeness (QED) is 0.786. The van der Waals surface area contributed by atoms with Gasteiger partial charge in [-0.1, -0.05) is 30.3 Å². The van der Waals surface area contributed by atoms with Gasteiger partial charge in [-0.25, -0.2) is 12.8 Å². The number of halogens is 1. The van der Waals surface area contributed by atoms with E-state index in [0.29, 0.717) is 5.69 Å². The standard InChI is InChI=1S/C17H12FNO4S/c18-16-8-7-14(10-15(16)17(20)21)24(22,23)19-13-6-5-11-3-1-2-4-12(11)9-13/h1-10,19H,(H,20,21)/p-1. The lowest BCUT2D eigenvalue weighted by Crippen LogP contribution is -2.24. The van der Waals surface area contributed by atoms with Crippen LogP contribution in [0.5, 0.6) is 0 Å². The summed E-state index contributed by atoms with van der Waals surface area (Å²) in [4.78, 5) is 10.5. The summed E-state index contributed by atoms with van der Waals surface area (Å²) in [6.45, 7) is 0. The number of rotatable bonds is 4. The van der Waals surface area contributed by atoms with Crippen LogP contribution in [0.25, 0.3) is 10.8 Å². The predicted molar refractivity (Wildman–Crippen MR) is 85.5 cm³/mol. The van der Waals surface area contributed by atoms with E-state index in [2.05, 4.69) is 4.72 Å². The zero-order valence-electron chi connectivity index (χ0n) is 12.2. The summed E-state index contributed by atoms with van der Waals surface area (Å²) in [5.41, 5.74) is -0.496. The topological polar surface area (TPSA) is 86.3 Å². The maximum Gasteiger partial charge on any atom is 0.261 e. The third-order valence-electron chi connectivity index (χ3n) is 3.47. The van der Waals surface area contributed by atoms with Crippen molar-refractivity contribution in [3.05, 3.63) is 72.0 Å². The minimum Gasteiger partial charge on any atom is -0.545 e. The number of fused-ring (bicyclic) bond motifs is 1. The molecule has 0 amide bonds. The van der Waals surface area contributed by atoms with E-state index in [1.807, 2.05) is 24.3 Å².